The topological polar surface area (TPSA) is 50.1 Å². The van der Waals surface area contributed by atoms with Gasteiger partial charge in [-0.3, -0.25) is 0 Å². The fourth-order valence-corrected chi connectivity index (χ4v) is 5.03. The molecule has 0 N–H and O–H groups in total. The Kier molecular flexibility index (Phi) is 5.82. The Hall–Kier alpha value is -1.72. The molecule has 4 aliphatic heterocycles. The highest BCUT2D eigenvalue weighted by Crippen LogP contribution is 2.36. The quantitative estimate of drug-likeness (QED) is 0.447. The second-order valence-corrected chi connectivity index (χ2v) is 10.9. The van der Waals surface area contributed by atoms with Crippen LogP contribution in [0.2, 0.25) is 0 Å². The van der Waals surface area contributed by atoms with Crippen LogP contribution in [0.1, 0.15) is 60.1 Å². The SMILES string of the molecule is CC(C)(c1ccc(CCC2CO2)c(CC2CO2)c1)c1ccc(CCC2CO2)c(CC2CO2)c1. The third-order valence-corrected chi connectivity index (χ3v) is 7.83. The van der Waals surface area contributed by atoms with Crippen molar-refractivity contribution in [2.24, 2.45) is 0 Å². The summed E-state index contributed by atoms with van der Waals surface area (Å²) in [4.78, 5) is 0. The largest absolute Gasteiger partial charge is 0.373 e. The number of hydrogen-bond donors (Lipinski definition) is 0. The molecule has 4 atom stereocenters. The Morgan fingerprint density at radius 2 is 1.00 bits per heavy atom. The summed E-state index contributed by atoms with van der Waals surface area (Å²) >= 11 is 0. The lowest BCUT2D eigenvalue weighted by Gasteiger charge is -2.28. The van der Waals surface area contributed by atoms with Crippen LogP contribution in [0.3, 0.4) is 0 Å². The van der Waals surface area contributed by atoms with E-state index >= 15 is 0 Å². The highest BCUT2D eigenvalue weighted by Gasteiger charge is 2.30. The maximum Gasteiger partial charge on any atom is 0.0850 e. The number of epoxide rings is 4. The molecular formula is C29H36O4. The number of benzene rings is 2. The molecule has 6 rings (SSSR count). The van der Waals surface area contributed by atoms with Gasteiger partial charge in [-0.15, -0.1) is 0 Å². The molecular weight excluding hydrogens is 412 g/mol. The van der Waals surface area contributed by atoms with E-state index in [-0.39, 0.29) is 5.41 Å². The Labute approximate surface area is 197 Å². The van der Waals surface area contributed by atoms with E-state index in [1.807, 2.05) is 0 Å². The van der Waals surface area contributed by atoms with Gasteiger partial charge >= 0.3 is 0 Å². The summed E-state index contributed by atoms with van der Waals surface area (Å²) in [6.45, 7) is 8.40. The van der Waals surface area contributed by atoms with Crippen LogP contribution in [0.15, 0.2) is 36.4 Å². The van der Waals surface area contributed by atoms with E-state index in [0.29, 0.717) is 24.4 Å². The van der Waals surface area contributed by atoms with Crippen LogP contribution in [0.25, 0.3) is 0 Å². The van der Waals surface area contributed by atoms with Crippen molar-refractivity contribution < 1.29 is 18.9 Å². The van der Waals surface area contributed by atoms with E-state index in [0.717, 1.165) is 65.0 Å². The maximum absolute atomic E-state index is 5.59. The summed E-state index contributed by atoms with van der Waals surface area (Å²) in [5.74, 6) is 0. The van der Waals surface area contributed by atoms with Gasteiger partial charge in [-0.25, -0.2) is 0 Å². The Bertz CT molecular complexity index is 917. The van der Waals surface area contributed by atoms with Crippen molar-refractivity contribution in [3.63, 3.8) is 0 Å². The molecule has 0 spiro atoms. The van der Waals surface area contributed by atoms with E-state index in [4.69, 9.17) is 18.9 Å². The Morgan fingerprint density at radius 1 is 0.606 bits per heavy atom. The lowest BCUT2D eigenvalue weighted by Crippen LogP contribution is -2.20. The first kappa shape index (κ1) is 21.8. The van der Waals surface area contributed by atoms with Gasteiger partial charge in [0.25, 0.3) is 0 Å². The summed E-state index contributed by atoms with van der Waals surface area (Å²) in [7, 11) is 0. The highest BCUT2D eigenvalue weighted by atomic mass is 16.6. The van der Waals surface area contributed by atoms with E-state index in [2.05, 4.69) is 50.2 Å². The lowest BCUT2D eigenvalue weighted by atomic mass is 9.75. The molecule has 2 aromatic carbocycles. The zero-order valence-corrected chi connectivity index (χ0v) is 20.0. The molecule has 0 saturated carbocycles. The second-order valence-electron chi connectivity index (χ2n) is 10.9. The fraction of sp³-hybridized carbons (Fsp3) is 0.586. The molecule has 4 heteroatoms. The van der Waals surface area contributed by atoms with Gasteiger partial charge < -0.3 is 18.9 Å². The van der Waals surface area contributed by atoms with Crippen LogP contribution in [-0.2, 0) is 50.0 Å². The summed E-state index contributed by atoms with van der Waals surface area (Å²) < 4.78 is 22.1. The zero-order chi connectivity index (χ0) is 22.4. The molecule has 0 bridgehead atoms. The van der Waals surface area contributed by atoms with Crippen LogP contribution in [0.4, 0.5) is 0 Å². The molecule has 0 aliphatic carbocycles. The molecule has 0 radical (unpaired) electrons. The third-order valence-electron chi connectivity index (χ3n) is 7.83. The van der Waals surface area contributed by atoms with Gasteiger partial charge in [0.1, 0.15) is 0 Å². The van der Waals surface area contributed by atoms with Gasteiger partial charge in [0.2, 0.25) is 0 Å². The second kappa shape index (κ2) is 8.81. The van der Waals surface area contributed by atoms with Crippen molar-refractivity contribution in [2.45, 2.75) is 82.2 Å². The first-order valence-corrected chi connectivity index (χ1v) is 12.8. The van der Waals surface area contributed by atoms with Crippen LogP contribution in [0, 0.1) is 0 Å². The van der Waals surface area contributed by atoms with Crippen molar-refractivity contribution in [3.05, 3.63) is 69.8 Å². The minimum atomic E-state index is -0.0609. The van der Waals surface area contributed by atoms with Gasteiger partial charge in [0.05, 0.1) is 50.8 Å². The monoisotopic (exact) mass is 448 g/mol. The molecule has 2 aromatic rings. The predicted octanol–water partition coefficient (Wildman–Crippen LogP) is 4.56. The van der Waals surface area contributed by atoms with E-state index < -0.39 is 0 Å². The summed E-state index contributed by atoms with van der Waals surface area (Å²) in [5.41, 5.74) is 8.55. The summed E-state index contributed by atoms with van der Waals surface area (Å²) in [6, 6.07) is 14.3. The smallest absolute Gasteiger partial charge is 0.0850 e. The Morgan fingerprint density at radius 3 is 1.36 bits per heavy atom. The molecule has 0 amide bonds. The van der Waals surface area contributed by atoms with Gasteiger partial charge in [-0.2, -0.15) is 0 Å². The van der Waals surface area contributed by atoms with Crippen LogP contribution < -0.4 is 0 Å². The van der Waals surface area contributed by atoms with Gasteiger partial charge in [-0.1, -0.05) is 50.2 Å². The van der Waals surface area contributed by atoms with Crippen molar-refractivity contribution in [3.8, 4) is 0 Å². The summed E-state index contributed by atoms with van der Waals surface area (Å²) in [5, 5.41) is 0. The normalized spacial score (nSPS) is 27.5. The van der Waals surface area contributed by atoms with Gasteiger partial charge in [0.15, 0.2) is 0 Å². The Balaban J connectivity index is 1.26. The van der Waals surface area contributed by atoms with E-state index in [1.54, 1.807) is 0 Å². The van der Waals surface area contributed by atoms with E-state index in [9.17, 15) is 0 Å². The molecule has 4 nitrogen and oxygen atoms in total. The average molecular weight is 449 g/mol. The molecule has 0 aromatic heterocycles. The number of ether oxygens (including phenoxy) is 4. The lowest BCUT2D eigenvalue weighted by molar-refractivity contribution is 0.395. The molecule has 4 aliphatic rings. The molecule has 4 fully saturated rings. The number of aryl methyl sites for hydroxylation is 2. The zero-order valence-electron chi connectivity index (χ0n) is 20.0. The van der Waals surface area contributed by atoms with Crippen LogP contribution >= 0.6 is 0 Å². The molecule has 176 valence electrons. The van der Waals surface area contributed by atoms with Crippen LogP contribution in [0.5, 0.6) is 0 Å². The average Bonchev–Trinajstić information content (AvgIpc) is 3.61. The molecule has 33 heavy (non-hydrogen) atoms. The van der Waals surface area contributed by atoms with Crippen LogP contribution in [-0.4, -0.2) is 50.8 Å². The highest BCUT2D eigenvalue weighted by molar-refractivity contribution is 5.45. The standard InChI is InChI=1S/C29H36O4/c1-29(2,23-7-3-19(5-9-25-15-30-25)21(11-23)13-27-17-32-27)24-8-4-20(6-10-26-16-31-26)22(12-24)14-28-18-33-28/h3-4,7-8,11-12,25-28H,5-6,9-10,13-18H2,1-2H3. The summed E-state index contributed by atoms with van der Waals surface area (Å²) in [6.07, 6.45) is 8.25. The van der Waals surface area contributed by atoms with Gasteiger partial charge in [-0.05, 0) is 59.1 Å². The predicted molar refractivity (Wildman–Crippen MR) is 128 cm³/mol. The van der Waals surface area contributed by atoms with E-state index in [1.165, 1.54) is 33.4 Å². The van der Waals surface area contributed by atoms with Crippen molar-refractivity contribution >= 4 is 0 Å². The van der Waals surface area contributed by atoms with Crippen molar-refractivity contribution in [2.75, 3.05) is 26.4 Å². The first-order chi connectivity index (χ1) is 16.0. The van der Waals surface area contributed by atoms with Crippen molar-refractivity contribution in [1.82, 2.24) is 0 Å². The minimum Gasteiger partial charge on any atom is -0.373 e. The molecule has 4 unspecified atom stereocenters. The number of rotatable bonds is 12. The van der Waals surface area contributed by atoms with Gasteiger partial charge in [0, 0.05) is 18.3 Å². The molecule has 4 saturated heterocycles. The minimum absolute atomic E-state index is 0.0609. The molecule has 4 heterocycles. The number of hydrogen-bond acceptors (Lipinski definition) is 4. The maximum atomic E-state index is 5.59. The van der Waals surface area contributed by atoms with Crippen molar-refractivity contribution in [1.29, 1.82) is 0 Å². The first-order valence-electron chi connectivity index (χ1n) is 12.8. The third kappa shape index (κ3) is 5.51. The fourth-order valence-electron chi connectivity index (χ4n) is 5.03.